The average molecular weight is 256 g/mol. The maximum atomic E-state index is 12.5. The summed E-state index contributed by atoms with van der Waals surface area (Å²) in [4.78, 5) is 14.5. The fourth-order valence-corrected chi connectivity index (χ4v) is 2.38. The fraction of sp³-hybridized carbons (Fsp3) is 0.438. The van der Waals surface area contributed by atoms with E-state index in [0.717, 1.165) is 25.1 Å². The first-order valence-electron chi connectivity index (χ1n) is 6.61. The van der Waals surface area contributed by atoms with Crippen molar-refractivity contribution in [2.45, 2.75) is 20.3 Å². The topological polar surface area (TPSA) is 46.3 Å². The predicted molar refractivity (Wildman–Crippen MR) is 76.7 cm³/mol. The molecule has 1 amide bonds. The zero-order valence-electron chi connectivity index (χ0n) is 11.6. The Morgan fingerprint density at radius 1 is 1.42 bits per heavy atom. The van der Waals surface area contributed by atoms with Gasteiger partial charge in [-0.25, -0.2) is 0 Å². The largest absolute Gasteiger partial charge is 0.338 e. The number of nitrogens with two attached hydrogens (primary N) is 1. The maximum absolute atomic E-state index is 12.5. The Morgan fingerprint density at radius 2 is 2.16 bits per heavy atom. The van der Waals surface area contributed by atoms with Crippen molar-refractivity contribution in [3.63, 3.8) is 0 Å². The lowest BCUT2D eigenvalue weighted by molar-refractivity contribution is 0.0778. The number of hydrogen-bond donors (Lipinski definition) is 1. The molecule has 19 heavy (non-hydrogen) atoms. The van der Waals surface area contributed by atoms with Crippen molar-refractivity contribution < 1.29 is 4.79 Å². The molecule has 2 N–H and O–H groups in total. The Balaban J connectivity index is 2.25. The molecule has 100 valence electrons. The summed E-state index contributed by atoms with van der Waals surface area (Å²) >= 11 is 0. The van der Waals surface area contributed by atoms with E-state index < -0.39 is 0 Å². The number of carbonyl (C=O) groups excluding carboxylic acids is 1. The third-order valence-electron chi connectivity index (χ3n) is 3.45. The number of rotatable bonds is 1. The highest BCUT2D eigenvalue weighted by Gasteiger charge is 2.32. The second kappa shape index (κ2) is 5.46. The molecule has 0 radical (unpaired) electrons. The van der Waals surface area contributed by atoms with Crippen molar-refractivity contribution in [3.05, 3.63) is 35.4 Å². The van der Waals surface area contributed by atoms with Gasteiger partial charge in [0.15, 0.2) is 0 Å². The van der Waals surface area contributed by atoms with Crippen LogP contribution >= 0.6 is 0 Å². The molecular formula is C16H20N2O. The molecule has 0 unspecified atom stereocenters. The Bertz CT molecular complexity index is 537. The Kier molecular flexibility index (Phi) is 3.92. The molecule has 0 saturated carbocycles. The SMILES string of the molecule is CC1(C)CCN(C(=O)c2ccccc2C#CCN)C1. The third-order valence-corrected chi connectivity index (χ3v) is 3.45. The minimum Gasteiger partial charge on any atom is -0.338 e. The highest BCUT2D eigenvalue weighted by molar-refractivity contribution is 5.97. The monoisotopic (exact) mass is 256 g/mol. The van der Waals surface area contributed by atoms with Crippen LogP contribution in [0.5, 0.6) is 0 Å². The molecule has 0 atom stereocenters. The molecule has 0 spiro atoms. The molecule has 1 heterocycles. The van der Waals surface area contributed by atoms with E-state index in [1.54, 1.807) is 0 Å². The van der Waals surface area contributed by atoms with Crippen LogP contribution in [0.4, 0.5) is 0 Å². The van der Waals surface area contributed by atoms with Crippen molar-refractivity contribution in [3.8, 4) is 11.8 Å². The number of benzene rings is 1. The molecule has 1 saturated heterocycles. The minimum atomic E-state index is 0.0764. The van der Waals surface area contributed by atoms with E-state index in [2.05, 4.69) is 25.7 Å². The predicted octanol–water partition coefficient (Wildman–Crippen LogP) is 1.87. The van der Waals surface area contributed by atoms with Crippen LogP contribution in [-0.4, -0.2) is 30.4 Å². The summed E-state index contributed by atoms with van der Waals surface area (Å²) in [5.41, 5.74) is 7.06. The average Bonchev–Trinajstić information content (AvgIpc) is 2.76. The fourth-order valence-electron chi connectivity index (χ4n) is 2.38. The summed E-state index contributed by atoms with van der Waals surface area (Å²) in [6.07, 6.45) is 1.05. The van der Waals surface area contributed by atoms with Crippen LogP contribution in [0.15, 0.2) is 24.3 Å². The zero-order chi connectivity index (χ0) is 13.9. The van der Waals surface area contributed by atoms with E-state index in [1.165, 1.54) is 0 Å². The maximum Gasteiger partial charge on any atom is 0.255 e. The summed E-state index contributed by atoms with van der Waals surface area (Å²) in [6, 6.07) is 7.48. The van der Waals surface area contributed by atoms with Crippen LogP contribution < -0.4 is 5.73 Å². The van der Waals surface area contributed by atoms with Gasteiger partial charge in [0.05, 0.1) is 12.1 Å². The summed E-state index contributed by atoms with van der Waals surface area (Å²) in [6.45, 7) is 6.33. The van der Waals surface area contributed by atoms with Gasteiger partial charge in [0.25, 0.3) is 5.91 Å². The first kappa shape index (κ1) is 13.6. The molecule has 1 fully saturated rings. The van der Waals surface area contributed by atoms with Crippen LogP contribution in [-0.2, 0) is 0 Å². The number of nitrogens with zero attached hydrogens (tertiary/aromatic N) is 1. The van der Waals surface area contributed by atoms with Gasteiger partial charge in [-0.3, -0.25) is 4.79 Å². The van der Waals surface area contributed by atoms with Gasteiger partial charge in [-0.15, -0.1) is 0 Å². The van der Waals surface area contributed by atoms with E-state index in [1.807, 2.05) is 29.2 Å². The molecule has 0 aliphatic carbocycles. The molecular weight excluding hydrogens is 236 g/mol. The zero-order valence-corrected chi connectivity index (χ0v) is 11.6. The van der Waals surface area contributed by atoms with Crippen molar-refractivity contribution in [2.75, 3.05) is 19.6 Å². The lowest BCUT2D eigenvalue weighted by Gasteiger charge is -2.20. The minimum absolute atomic E-state index is 0.0764. The Labute approximate surface area is 114 Å². The van der Waals surface area contributed by atoms with Crippen LogP contribution in [0.3, 0.4) is 0 Å². The molecule has 0 aromatic heterocycles. The Morgan fingerprint density at radius 3 is 2.79 bits per heavy atom. The van der Waals surface area contributed by atoms with Gasteiger partial charge in [-0.1, -0.05) is 37.8 Å². The summed E-state index contributed by atoms with van der Waals surface area (Å²) in [7, 11) is 0. The summed E-state index contributed by atoms with van der Waals surface area (Å²) in [5.74, 6) is 5.87. The van der Waals surface area contributed by atoms with Gasteiger partial charge in [0.2, 0.25) is 0 Å². The van der Waals surface area contributed by atoms with Gasteiger partial charge in [-0.05, 0) is 24.0 Å². The van der Waals surface area contributed by atoms with E-state index in [0.29, 0.717) is 12.1 Å². The van der Waals surface area contributed by atoms with Crippen LogP contribution in [0.1, 0.15) is 36.2 Å². The van der Waals surface area contributed by atoms with Gasteiger partial charge < -0.3 is 10.6 Å². The number of likely N-dealkylation sites (tertiary alicyclic amines) is 1. The van der Waals surface area contributed by atoms with Gasteiger partial charge in [0, 0.05) is 18.7 Å². The Hall–Kier alpha value is -1.79. The van der Waals surface area contributed by atoms with Crippen LogP contribution in [0.2, 0.25) is 0 Å². The van der Waals surface area contributed by atoms with Crippen molar-refractivity contribution in [1.82, 2.24) is 4.90 Å². The molecule has 3 nitrogen and oxygen atoms in total. The first-order chi connectivity index (χ1) is 9.03. The second-order valence-corrected chi connectivity index (χ2v) is 5.69. The van der Waals surface area contributed by atoms with Gasteiger partial charge in [0.1, 0.15) is 0 Å². The van der Waals surface area contributed by atoms with Crippen LogP contribution in [0, 0.1) is 17.3 Å². The highest BCUT2D eigenvalue weighted by Crippen LogP contribution is 2.30. The van der Waals surface area contributed by atoms with Crippen molar-refractivity contribution in [1.29, 1.82) is 0 Å². The molecule has 2 rings (SSSR count). The molecule has 1 aromatic carbocycles. The summed E-state index contributed by atoms with van der Waals surface area (Å²) in [5, 5.41) is 0. The van der Waals surface area contributed by atoms with Crippen molar-refractivity contribution in [2.24, 2.45) is 11.1 Å². The highest BCUT2D eigenvalue weighted by atomic mass is 16.2. The normalized spacial score (nSPS) is 16.9. The standard InChI is InChI=1S/C16H20N2O/c1-16(2)9-11-18(12-16)15(19)14-8-4-3-6-13(14)7-5-10-17/h3-4,6,8H,9-12,17H2,1-2H3. The molecule has 1 aliphatic heterocycles. The quantitative estimate of drug-likeness (QED) is 0.780. The van der Waals surface area contributed by atoms with Gasteiger partial charge >= 0.3 is 0 Å². The molecule has 0 bridgehead atoms. The first-order valence-corrected chi connectivity index (χ1v) is 6.61. The molecule has 1 aromatic rings. The van der Waals surface area contributed by atoms with Crippen molar-refractivity contribution >= 4 is 5.91 Å². The molecule has 1 aliphatic rings. The van der Waals surface area contributed by atoms with E-state index in [4.69, 9.17) is 5.73 Å². The van der Waals surface area contributed by atoms with Crippen LogP contribution in [0.25, 0.3) is 0 Å². The summed E-state index contributed by atoms with van der Waals surface area (Å²) < 4.78 is 0. The van der Waals surface area contributed by atoms with E-state index >= 15 is 0 Å². The third kappa shape index (κ3) is 3.15. The second-order valence-electron chi connectivity index (χ2n) is 5.69. The number of carbonyl (C=O) groups is 1. The van der Waals surface area contributed by atoms with E-state index in [9.17, 15) is 4.79 Å². The smallest absolute Gasteiger partial charge is 0.255 e. The number of hydrogen-bond acceptors (Lipinski definition) is 2. The number of amides is 1. The lowest BCUT2D eigenvalue weighted by atomic mass is 9.93. The van der Waals surface area contributed by atoms with Gasteiger partial charge in [-0.2, -0.15) is 0 Å². The van der Waals surface area contributed by atoms with E-state index in [-0.39, 0.29) is 11.3 Å². The lowest BCUT2D eigenvalue weighted by Crippen LogP contribution is -2.30. The molecule has 3 heteroatoms.